The summed E-state index contributed by atoms with van der Waals surface area (Å²) >= 11 is 0. The van der Waals surface area contributed by atoms with Crippen LogP contribution < -0.4 is 16.6 Å². The molecule has 1 heterocycles. The second-order valence-corrected chi connectivity index (χ2v) is 5.47. The summed E-state index contributed by atoms with van der Waals surface area (Å²) in [6.45, 7) is 2.55. The van der Waals surface area contributed by atoms with Gasteiger partial charge in [0.1, 0.15) is 5.82 Å². The van der Waals surface area contributed by atoms with Crippen LogP contribution in [0.15, 0.2) is 40.1 Å². The highest BCUT2D eigenvalue weighted by Gasteiger charge is 2.12. The normalized spacial score (nSPS) is 10.6. The number of aromatic amines is 1. The van der Waals surface area contributed by atoms with Crippen LogP contribution in [-0.2, 0) is 0 Å². The van der Waals surface area contributed by atoms with Crippen molar-refractivity contribution in [1.29, 1.82) is 0 Å². The van der Waals surface area contributed by atoms with Crippen LogP contribution in [0.3, 0.4) is 0 Å². The summed E-state index contributed by atoms with van der Waals surface area (Å²) < 4.78 is 13.8. The van der Waals surface area contributed by atoms with Crippen molar-refractivity contribution < 1.29 is 9.18 Å². The summed E-state index contributed by atoms with van der Waals surface area (Å²) in [6, 6.07) is 4.64. The van der Waals surface area contributed by atoms with Gasteiger partial charge >= 0.3 is 11.7 Å². The Hall–Kier alpha value is -2.70. The van der Waals surface area contributed by atoms with E-state index in [0.29, 0.717) is 12.1 Å². The van der Waals surface area contributed by atoms with Crippen LogP contribution in [-0.4, -0.2) is 22.1 Å². The first-order chi connectivity index (χ1) is 11.5. The molecule has 7 heteroatoms. The van der Waals surface area contributed by atoms with Gasteiger partial charge in [0.15, 0.2) is 0 Å². The molecular formula is C17H20FN3O3. The summed E-state index contributed by atoms with van der Waals surface area (Å²) in [5.41, 5.74) is -0.895. The highest BCUT2D eigenvalue weighted by atomic mass is 19.1. The Kier molecular flexibility index (Phi) is 6.06. The molecule has 0 fully saturated rings. The molecule has 128 valence electrons. The van der Waals surface area contributed by atoms with Gasteiger partial charge in [-0.3, -0.25) is 9.78 Å². The van der Waals surface area contributed by atoms with Crippen molar-refractivity contribution in [3.8, 4) is 11.1 Å². The van der Waals surface area contributed by atoms with E-state index in [4.69, 9.17) is 0 Å². The number of H-pyrrole nitrogens is 1. The largest absolute Gasteiger partial charge is 0.337 e. The second kappa shape index (κ2) is 8.24. The number of hydrogen-bond acceptors (Lipinski definition) is 3. The number of hydrogen-bond donors (Lipinski definition) is 2. The van der Waals surface area contributed by atoms with Crippen molar-refractivity contribution in [3.63, 3.8) is 0 Å². The first-order valence-electron chi connectivity index (χ1n) is 7.93. The van der Waals surface area contributed by atoms with E-state index < -0.39 is 23.1 Å². The number of aromatic nitrogens is 2. The molecule has 1 amide bonds. The van der Waals surface area contributed by atoms with Gasteiger partial charge in [-0.1, -0.05) is 38.3 Å². The summed E-state index contributed by atoms with van der Waals surface area (Å²) in [7, 11) is 0. The minimum Gasteiger partial charge on any atom is -0.337 e. The minimum absolute atomic E-state index is 0.121. The van der Waals surface area contributed by atoms with Gasteiger partial charge in [-0.25, -0.2) is 18.5 Å². The predicted molar refractivity (Wildman–Crippen MR) is 89.7 cm³/mol. The molecule has 0 atom stereocenters. The number of halogens is 1. The van der Waals surface area contributed by atoms with Gasteiger partial charge in [-0.05, 0) is 24.1 Å². The third-order valence-electron chi connectivity index (χ3n) is 3.62. The topological polar surface area (TPSA) is 84.0 Å². The minimum atomic E-state index is -0.808. The molecule has 1 aromatic heterocycles. The van der Waals surface area contributed by atoms with E-state index in [1.807, 2.05) is 0 Å². The molecular weight excluding hydrogens is 313 g/mol. The average molecular weight is 333 g/mol. The van der Waals surface area contributed by atoms with Crippen molar-refractivity contribution in [1.82, 2.24) is 14.9 Å². The van der Waals surface area contributed by atoms with E-state index in [2.05, 4.69) is 17.2 Å². The van der Waals surface area contributed by atoms with Gasteiger partial charge < -0.3 is 5.32 Å². The quantitative estimate of drug-likeness (QED) is 0.797. The van der Waals surface area contributed by atoms with Crippen LogP contribution in [0.25, 0.3) is 11.1 Å². The number of nitrogens with one attached hydrogen (secondary N) is 2. The maximum atomic E-state index is 13.0. The molecule has 0 saturated heterocycles. The van der Waals surface area contributed by atoms with Crippen molar-refractivity contribution in [2.24, 2.45) is 0 Å². The number of amides is 1. The van der Waals surface area contributed by atoms with E-state index >= 15 is 0 Å². The van der Waals surface area contributed by atoms with Crippen LogP contribution in [0.5, 0.6) is 0 Å². The maximum Gasteiger partial charge on any atom is 0.336 e. The molecule has 0 aliphatic rings. The van der Waals surface area contributed by atoms with E-state index in [-0.39, 0.29) is 5.56 Å². The van der Waals surface area contributed by atoms with Gasteiger partial charge in [0, 0.05) is 12.7 Å². The molecule has 2 N–H and O–H groups in total. The highest BCUT2D eigenvalue weighted by Crippen LogP contribution is 2.14. The lowest BCUT2D eigenvalue weighted by atomic mass is 10.1. The highest BCUT2D eigenvalue weighted by molar-refractivity contribution is 5.77. The standard InChI is InChI=1S/C17H20FN3O3/c1-2-3-4-5-10-19-16(23)21-11-14(15(22)20-17(21)24)12-6-8-13(18)9-7-12/h6-9,11H,2-5,10H2,1H3,(H,19,23)(H,20,22,24). The van der Waals surface area contributed by atoms with Gasteiger partial charge in [-0.15, -0.1) is 0 Å². The summed E-state index contributed by atoms with van der Waals surface area (Å²) in [4.78, 5) is 38.0. The molecule has 0 saturated carbocycles. The molecule has 0 aliphatic heterocycles. The van der Waals surface area contributed by atoms with Gasteiger partial charge in [0.2, 0.25) is 0 Å². The first-order valence-corrected chi connectivity index (χ1v) is 7.93. The molecule has 6 nitrogen and oxygen atoms in total. The van der Waals surface area contributed by atoms with Crippen LogP contribution in [0.1, 0.15) is 32.6 Å². The first kappa shape index (κ1) is 17.7. The number of carbonyl (C=O) groups is 1. The average Bonchev–Trinajstić information content (AvgIpc) is 2.55. The van der Waals surface area contributed by atoms with Crippen LogP contribution >= 0.6 is 0 Å². The van der Waals surface area contributed by atoms with Crippen LogP contribution in [0.2, 0.25) is 0 Å². The molecule has 1 aromatic carbocycles. The van der Waals surface area contributed by atoms with Crippen molar-refractivity contribution >= 4 is 6.03 Å². The number of carbonyl (C=O) groups excluding carboxylic acids is 1. The van der Waals surface area contributed by atoms with Gasteiger partial charge in [0.05, 0.1) is 5.56 Å². The van der Waals surface area contributed by atoms with Crippen LogP contribution in [0, 0.1) is 5.82 Å². The number of nitrogens with zero attached hydrogens (tertiary/aromatic N) is 1. The Labute approximate surface area is 138 Å². The fourth-order valence-electron chi connectivity index (χ4n) is 2.29. The molecule has 0 radical (unpaired) electrons. The molecule has 0 spiro atoms. The van der Waals surface area contributed by atoms with Crippen molar-refractivity contribution in [2.45, 2.75) is 32.6 Å². The monoisotopic (exact) mass is 333 g/mol. The smallest absolute Gasteiger partial charge is 0.336 e. The fraction of sp³-hybridized carbons (Fsp3) is 0.353. The Balaban J connectivity index is 2.20. The van der Waals surface area contributed by atoms with E-state index in [9.17, 15) is 18.8 Å². The summed E-state index contributed by atoms with van der Waals surface area (Å²) in [5.74, 6) is -0.437. The molecule has 2 aromatic rings. The maximum absolute atomic E-state index is 13.0. The summed E-state index contributed by atoms with van der Waals surface area (Å²) in [6.07, 6.45) is 5.17. The molecule has 2 rings (SSSR count). The SMILES string of the molecule is CCCCCCNC(=O)n1cc(-c2ccc(F)cc2)c(=O)[nH]c1=O. The lowest BCUT2D eigenvalue weighted by molar-refractivity contribution is 0.241. The second-order valence-electron chi connectivity index (χ2n) is 5.47. The predicted octanol–water partition coefficient (Wildman–Crippen LogP) is 2.48. The van der Waals surface area contributed by atoms with Crippen molar-refractivity contribution in [3.05, 3.63) is 57.1 Å². The molecule has 24 heavy (non-hydrogen) atoms. The fourth-order valence-corrected chi connectivity index (χ4v) is 2.29. The van der Waals surface area contributed by atoms with Gasteiger partial charge in [0.25, 0.3) is 5.56 Å². The van der Waals surface area contributed by atoms with Crippen LogP contribution in [0.4, 0.5) is 9.18 Å². The lowest BCUT2D eigenvalue weighted by Gasteiger charge is -2.08. The van der Waals surface area contributed by atoms with Crippen molar-refractivity contribution in [2.75, 3.05) is 6.54 Å². The third kappa shape index (κ3) is 4.41. The Morgan fingerprint density at radius 2 is 1.88 bits per heavy atom. The Morgan fingerprint density at radius 1 is 1.17 bits per heavy atom. The van der Waals surface area contributed by atoms with E-state index in [0.717, 1.165) is 30.3 Å². The number of rotatable bonds is 6. The molecule has 0 unspecified atom stereocenters. The van der Waals surface area contributed by atoms with E-state index in [1.54, 1.807) is 0 Å². The zero-order chi connectivity index (χ0) is 17.5. The Morgan fingerprint density at radius 3 is 2.54 bits per heavy atom. The number of unbranched alkanes of at least 4 members (excludes halogenated alkanes) is 3. The third-order valence-corrected chi connectivity index (χ3v) is 3.62. The Bertz CT molecular complexity index is 809. The molecule has 0 bridgehead atoms. The van der Waals surface area contributed by atoms with E-state index in [1.165, 1.54) is 30.5 Å². The number of benzene rings is 1. The van der Waals surface area contributed by atoms with Gasteiger partial charge in [-0.2, -0.15) is 0 Å². The zero-order valence-electron chi connectivity index (χ0n) is 13.5. The lowest BCUT2D eigenvalue weighted by Crippen LogP contribution is -2.40. The zero-order valence-corrected chi connectivity index (χ0v) is 13.5. The summed E-state index contributed by atoms with van der Waals surface area (Å²) in [5, 5.41) is 2.65. The molecule has 0 aliphatic carbocycles.